The highest BCUT2D eigenvalue weighted by atomic mass is 16.6. The Morgan fingerprint density at radius 3 is 2.45 bits per heavy atom. The van der Waals surface area contributed by atoms with Gasteiger partial charge in [0.05, 0.1) is 0 Å². The summed E-state index contributed by atoms with van der Waals surface area (Å²) in [5.41, 5.74) is 3.99. The molecule has 3 aromatic rings. The number of benzene rings is 2. The van der Waals surface area contributed by atoms with E-state index in [4.69, 9.17) is 9.15 Å². The fraction of sp³-hybridized carbons (Fsp3) is 0.174. The van der Waals surface area contributed by atoms with Crippen LogP contribution in [0, 0.1) is 6.92 Å². The molecule has 2 heterocycles. The molecule has 6 heteroatoms. The molecule has 0 atom stereocenters. The normalized spacial score (nSPS) is 14.9. The number of nitrogens with zero attached hydrogens (tertiary/aromatic N) is 1. The molecule has 1 aliphatic heterocycles. The first-order chi connectivity index (χ1) is 14.1. The van der Waals surface area contributed by atoms with Crippen LogP contribution in [0.3, 0.4) is 0 Å². The fourth-order valence-electron chi connectivity index (χ4n) is 3.20. The van der Waals surface area contributed by atoms with Crippen LogP contribution in [-0.4, -0.2) is 17.0 Å². The summed E-state index contributed by atoms with van der Waals surface area (Å²) in [6.45, 7) is 1.92. The molecule has 4 rings (SSSR count). The lowest BCUT2D eigenvalue weighted by atomic mass is 10.0. The van der Waals surface area contributed by atoms with Crippen LogP contribution in [0.15, 0.2) is 70.8 Å². The molecule has 1 aliphatic rings. The predicted molar refractivity (Wildman–Crippen MR) is 108 cm³/mol. The Bertz CT molecular complexity index is 1070. The highest BCUT2D eigenvalue weighted by Gasteiger charge is 2.25. The summed E-state index contributed by atoms with van der Waals surface area (Å²) in [6, 6.07) is 18.1. The van der Waals surface area contributed by atoms with Crippen molar-refractivity contribution in [1.29, 1.82) is 0 Å². The Morgan fingerprint density at radius 2 is 1.76 bits per heavy atom. The SMILES string of the molecule is Cc1oc(-c2ccccc2)nc1-c1ccc(CCCC=C2OC(=O)NC2=O)cc1. The van der Waals surface area contributed by atoms with E-state index in [1.165, 1.54) is 5.56 Å². The third kappa shape index (κ3) is 4.27. The number of alkyl carbamates (subject to hydrolysis) is 1. The minimum Gasteiger partial charge on any atom is -0.441 e. The number of ether oxygens (including phenoxy) is 1. The number of aryl methyl sites for hydroxylation is 2. The number of amides is 2. The molecule has 0 unspecified atom stereocenters. The highest BCUT2D eigenvalue weighted by Crippen LogP contribution is 2.28. The Kier molecular flexibility index (Phi) is 5.24. The maximum Gasteiger partial charge on any atom is 0.419 e. The molecule has 0 saturated carbocycles. The molecule has 1 fully saturated rings. The second kappa shape index (κ2) is 8.14. The van der Waals surface area contributed by atoms with Gasteiger partial charge in [-0.3, -0.25) is 10.1 Å². The minimum atomic E-state index is -0.713. The van der Waals surface area contributed by atoms with Gasteiger partial charge in [-0.2, -0.15) is 0 Å². The number of hydrogen-bond acceptors (Lipinski definition) is 5. The van der Waals surface area contributed by atoms with Gasteiger partial charge in [0.25, 0.3) is 5.91 Å². The summed E-state index contributed by atoms with van der Waals surface area (Å²) in [7, 11) is 0. The molecule has 0 aliphatic carbocycles. The Hall–Kier alpha value is -3.67. The number of carbonyl (C=O) groups excluding carboxylic acids is 2. The smallest absolute Gasteiger partial charge is 0.419 e. The molecular weight excluding hydrogens is 368 g/mol. The van der Waals surface area contributed by atoms with Crippen LogP contribution in [0.2, 0.25) is 0 Å². The molecule has 1 N–H and O–H groups in total. The van der Waals surface area contributed by atoms with E-state index in [2.05, 4.69) is 22.4 Å². The lowest BCUT2D eigenvalue weighted by molar-refractivity contribution is -0.116. The van der Waals surface area contributed by atoms with E-state index in [1.807, 2.05) is 49.4 Å². The summed E-state index contributed by atoms with van der Waals surface area (Å²) in [5, 5.41) is 2.08. The van der Waals surface area contributed by atoms with Crippen LogP contribution in [0.1, 0.15) is 24.2 Å². The van der Waals surface area contributed by atoms with Crippen molar-refractivity contribution in [3.63, 3.8) is 0 Å². The van der Waals surface area contributed by atoms with Gasteiger partial charge >= 0.3 is 6.09 Å². The van der Waals surface area contributed by atoms with Gasteiger partial charge in [-0.15, -0.1) is 0 Å². The largest absolute Gasteiger partial charge is 0.441 e. The number of allylic oxidation sites excluding steroid dienone is 1. The van der Waals surface area contributed by atoms with E-state index in [1.54, 1.807) is 6.08 Å². The van der Waals surface area contributed by atoms with E-state index in [-0.39, 0.29) is 5.76 Å². The van der Waals surface area contributed by atoms with Gasteiger partial charge in [0.1, 0.15) is 11.5 Å². The summed E-state index contributed by atoms with van der Waals surface area (Å²) < 4.78 is 10.6. The average molecular weight is 388 g/mol. The third-order valence-corrected chi connectivity index (χ3v) is 4.69. The van der Waals surface area contributed by atoms with E-state index >= 15 is 0 Å². The number of unbranched alkanes of at least 4 members (excludes halogenated alkanes) is 1. The van der Waals surface area contributed by atoms with Crippen LogP contribution in [-0.2, 0) is 16.0 Å². The molecule has 2 aromatic carbocycles. The van der Waals surface area contributed by atoms with Crippen molar-refractivity contribution < 1.29 is 18.7 Å². The number of nitrogens with one attached hydrogen (secondary N) is 1. The first kappa shape index (κ1) is 18.7. The number of oxazole rings is 1. The third-order valence-electron chi connectivity index (χ3n) is 4.69. The standard InChI is InChI=1S/C23H20N2O4/c1-15-20(24-22(28-15)18-8-3-2-4-9-18)17-13-11-16(12-14-17)7-5-6-10-19-21(26)25-23(27)29-19/h2-4,8-14H,5-7H2,1H3,(H,25,26,27). The molecule has 0 spiro atoms. The van der Waals surface area contributed by atoms with Crippen molar-refractivity contribution in [1.82, 2.24) is 10.3 Å². The number of aromatic nitrogens is 1. The van der Waals surface area contributed by atoms with Crippen LogP contribution < -0.4 is 5.32 Å². The Labute approximate surface area is 168 Å². The topological polar surface area (TPSA) is 81.4 Å². The van der Waals surface area contributed by atoms with E-state index in [0.29, 0.717) is 12.3 Å². The number of hydrogen-bond donors (Lipinski definition) is 1. The summed E-state index contributed by atoms with van der Waals surface area (Å²) in [6.07, 6.45) is 3.29. The van der Waals surface area contributed by atoms with Gasteiger partial charge in [0.15, 0.2) is 5.76 Å². The van der Waals surface area contributed by atoms with Crippen LogP contribution in [0.25, 0.3) is 22.7 Å². The maximum absolute atomic E-state index is 11.4. The molecule has 0 radical (unpaired) electrons. The Balaban J connectivity index is 1.38. The summed E-state index contributed by atoms with van der Waals surface area (Å²) >= 11 is 0. The highest BCUT2D eigenvalue weighted by molar-refractivity contribution is 6.07. The zero-order valence-electron chi connectivity index (χ0n) is 16.0. The van der Waals surface area contributed by atoms with E-state index in [0.717, 1.165) is 35.4 Å². The predicted octanol–water partition coefficient (Wildman–Crippen LogP) is 4.79. The van der Waals surface area contributed by atoms with Crippen molar-refractivity contribution in [2.75, 3.05) is 0 Å². The molecule has 29 heavy (non-hydrogen) atoms. The second-order valence-corrected chi connectivity index (χ2v) is 6.79. The lowest BCUT2D eigenvalue weighted by Gasteiger charge is -2.02. The molecule has 2 amide bonds. The zero-order valence-corrected chi connectivity index (χ0v) is 16.0. The second-order valence-electron chi connectivity index (χ2n) is 6.79. The van der Waals surface area contributed by atoms with Gasteiger partial charge in [-0.05, 0) is 50.0 Å². The molecular formula is C23H20N2O4. The molecule has 1 aromatic heterocycles. The molecule has 0 bridgehead atoms. The van der Waals surface area contributed by atoms with Gasteiger partial charge in [0, 0.05) is 11.1 Å². The zero-order chi connectivity index (χ0) is 20.2. The first-order valence-electron chi connectivity index (χ1n) is 9.45. The van der Waals surface area contributed by atoms with Crippen LogP contribution in [0.5, 0.6) is 0 Å². The summed E-state index contributed by atoms with van der Waals surface area (Å²) in [4.78, 5) is 27.0. The van der Waals surface area contributed by atoms with E-state index in [9.17, 15) is 9.59 Å². The summed E-state index contributed by atoms with van der Waals surface area (Å²) in [5.74, 6) is 1.01. The van der Waals surface area contributed by atoms with Crippen molar-refractivity contribution in [3.05, 3.63) is 77.8 Å². The molecule has 1 saturated heterocycles. The van der Waals surface area contributed by atoms with Gasteiger partial charge < -0.3 is 9.15 Å². The number of imide groups is 1. The van der Waals surface area contributed by atoms with Gasteiger partial charge in [-0.1, -0.05) is 42.5 Å². The number of carbonyl (C=O) groups is 2. The monoisotopic (exact) mass is 388 g/mol. The quantitative estimate of drug-likeness (QED) is 0.485. The van der Waals surface area contributed by atoms with E-state index < -0.39 is 12.0 Å². The minimum absolute atomic E-state index is 0.0843. The number of rotatable bonds is 6. The number of cyclic esters (lactones) is 1. The van der Waals surface area contributed by atoms with Gasteiger partial charge in [0.2, 0.25) is 5.89 Å². The van der Waals surface area contributed by atoms with Crippen LogP contribution in [0.4, 0.5) is 4.79 Å². The van der Waals surface area contributed by atoms with Crippen molar-refractivity contribution in [3.8, 4) is 22.7 Å². The average Bonchev–Trinajstić information content (AvgIpc) is 3.28. The van der Waals surface area contributed by atoms with Crippen molar-refractivity contribution >= 4 is 12.0 Å². The molecule has 146 valence electrons. The van der Waals surface area contributed by atoms with Crippen molar-refractivity contribution in [2.24, 2.45) is 0 Å². The Morgan fingerprint density at radius 1 is 1.00 bits per heavy atom. The van der Waals surface area contributed by atoms with Crippen molar-refractivity contribution in [2.45, 2.75) is 26.2 Å². The fourth-order valence-corrected chi connectivity index (χ4v) is 3.20. The molecule has 6 nitrogen and oxygen atoms in total. The maximum atomic E-state index is 11.4. The first-order valence-corrected chi connectivity index (χ1v) is 9.45. The van der Waals surface area contributed by atoms with Gasteiger partial charge in [-0.25, -0.2) is 9.78 Å². The van der Waals surface area contributed by atoms with Crippen LogP contribution >= 0.6 is 0 Å². The lowest BCUT2D eigenvalue weighted by Crippen LogP contribution is -2.18.